The van der Waals surface area contributed by atoms with Crippen molar-refractivity contribution in [3.8, 4) is 5.69 Å². The standard InChI is InChI=1S/C23H19Cl5N4O3/c1-11-7-19(33)20(29-31(11)18-10-16(27)15(26)9-17(18)28)21(34)30-32(23(2,3)4)22(35)13-6-5-12(24)8-14(13)25/h5-10H,1-4H3,(H,30,34). The summed E-state index contributed by atoms with van der Waals surface area (Å²) in [5.41, 5.74) is 1.28. The average molecular weight is 577 g/mol. The topological polar surface area (TPSA) is 84.3 Å². The molecule has 0 bridgehead atoms. The number of aromatic nitrogens is 2. The molecule has 184 valence electrons. The van der Waals surface area contributed by atoms with Gasteiger partial charge in [-0.15, -0.1) is 0 Å². The molecule has 12 heteroatoms. The molecule has 0 unspecified atom stereocenters. The van der Waals surface area contributed by atoms with Gasteiger partial charge in [0.25, 0.3) is 11.8 Å². The first-order valence-corrected chi connectivity index (χ1v) is 12.0. The van der Waals surface area contributed by atoms with Crippen molar-refractivity contribution < 1.29 is 9.59 Å². The minimum absolute atomic E-state index is 0.107. The number of nitrogens with one attached hydrogen (secondary N) is 1. The van der Waals surface area contributed by atoms with Gasteiger partial charge in [-0.05, 0) is 58.0 Å². The van der Waals surface area contributed by atoms with Crippen LogP contribution in [0.5, 0.6) is 0 Å². The first-order chi connectivity index (χ1) is 16.2. The highest BCUT2D eigenvalue weighted by Gasteiger charge is 2.32. The van der Waals surface area contributed by atoms with Crippen molar-refractivity contribution in [1.82, 2.24) is 20.2 Å². The fourth-order valence-corrected chi connectivity index (χ4v) is 4.19. The smallest absolute Gasteiger partial charge is 0.287 e. The van der Waals surface area contributed by atoms with Crippen LogP contribution < -0.4 is 10.9 Å². The second-order valence-electron chi connectivity index (χ2n) is 8.50. The number of nitrogens with zero attached hydrogens (tertiary/aromatic N) is 3. The summed E-state index contributed by atoms with van der Waals surface area (Å²) in [5.74, 6) is -1.51. The first-order valence-electron chi connectivity index (χ1n) is 10.1. The summed E-state index contributed by atoms with van der Waals surface area (Å²) in [7, 11) is 0. The predicted octanol–water partition coefficient (Wildman–Crippen LogP) is 6.39. The Balaban J connectivity index is 2.04. The van der Waals surface area contributed by atoms with Gasteiger partial charge in [0.2, 0.25) is 5.43 Å². The molecular formula is C23H19Cl5N4O3. The minimum Gasteiger partial charge on any atom is -0.287 e. The fourth-order valence-electron chi connectivity index (χ4n) is 3.08. The van der Waals surface area contributed by atoms with E-state index in [0.717, 1.165) is 5.01 Å². The van der Waals surface area contributed by atoms with E-state index in [0.29, 0.717) is 16.4 Å². The largest absolute Gasteiger partial charge is 0.294 e. The predicted molar refractivity (Wildman–Crippen MR) is 139 cm³/mol. The van der Waals surface area contributed by atoms with E-state index in [1.807, 2.05) is 0 Å². The van der Waals surface area contributed by atoms with Crippen molar-refractivity contribution in [1.29, 1.82) is 0 Å². The molecule has 0 saturated carbocycles. The maximum atomic E-state index is 13.3. The number of hydrogen-bond donors (Lipinski definition) is 1. The number of amides is 2. The molecule has 35 heavy (non-hydrogen) atoms. The van der Waals surface area contributed by atoms with Crippen LogP contribution in [-0.2, 0) is 0 Å². The van der Waals surface area contributed by atoms with E-state index in [9.17, 15) is 14.4 Å². The molecule has 1 heterocycles. The second kappa shape index (κ2) is 10.4. The molecule has 2 aromatic carbocycles. The summed E-state index contributed by atoms with van der Waals surface area (Å²) >= 11 is 30.6. The molecule has 0 aliphatic rings. The normalized spacial score (nSPS) is 11.3. The second-order valence-corrected chi connectivity index (χ2v) is 10.6. The van der Waals surface area contributed by atoms with E-state index >= 15 is 0 Å². The molecule has 0 radical (unpaired) electrons. The van der Waals surface area contributed by atoms with Crippen molar-refractivity contribution >= 4 is 69.8 Å². The first kappa shape index (κ1) is 27.3. The molecule has 3 rings (SSSR count). The Morgan fingerprint density at radius 3 is 2.14 bits per heavy atom. The highest BCUT2D eigenvalue weighted by Crippen LogP contribution is 2.31. The van der Waals surface area contributed by atoms with Crippen LogP contribution in [0.25, 0.3) is 5.69 Å². The quantitative estimate of drug-likeness (QED) is 0.289. The van der Waals surface area contributed by atoms with Gasteiger partial charge in [-0.2, -0.15) is 5.10 Å². The van der Waals surface area contributed by atoms with Gasteiger partial charge < -0.3 is 0 Å². The number of hydrogen-bond acceptors (Lipinski definition) is 4. The van der Waals surface area contributed by atoms with Crippen molar-refractivity contribution in [2.75, 3.05) is 0 Å². The monoisotopic (exact) mass is 574 g/mol. The number of rotatable bonds is 3. The summed E-state index contributed by atoms with van der Waals surface area (Å²) in [5, 5.41) is 6.37. The van der Waals surface area contributed by atoms with Crippen LogP contribution in [0.3, 0.4) is 0 Å². The summed E-state index contributed by atoms with van der Waals surface area (Å²) in [6, 6.07) is 8.48. The summed E-state index contributed by atoms with van der Waals surface area (Å²) in [4.78, 5) is 39.1. The molecule has 0 atom stereocenters. The van der Waals surface area contributed by atoms with Gasteiger partial charge in [-0.1, -0.05) is 58.0 Å². The molecule has 3 aromatic rings. The minimum atomic E-state index is -0.909. The van der Waals surface area contributed by atoms with Gasteiger partial charge in [-0.3, -0.25) is 19.8 Å². The van der Waals surface area contributed by atoms with Gasteiger partial charge in [0.15, 0.2) is 5.69 Å². The molecule has 0 spiro atoms. The van der Waals surface area contributed by atoms with Crippen LogP contribution in [0.15, 0.2) is 41.2 Å². The van der Waals surface area contributed by atoms with E-state index in [-0.39, 0.29) is 25.7 Å². The van der Waals surface area contributed by atoms with E-state index < -0.39 is 28.5 Å². The third-order valence-corrected chi connectivity index (χ3v) is 6.36. The van der Waals surface area contributed by atoms with E-state index in [1.165, 1.54) is 41.1 Å². The molecule has 1 aromatic heterocycles. The van der Waals surface area contributed by atoms with Gasteiger partial charge in [0, 0.05) is 16.8 Å². The summed E-state index contributed by atoms with van der Waals surface area (Å²) < 4.78 is 1.29. The summed E-state index contributed by atoms with van der Waals surface area (Å²) in [6.07, 6.45) is 0. The lowest BCUT2D eigenvalue weighted by atomic mass is 10.1. The van der Waals surface area contributed by atoms with Gasteiger partial charge in [0.1, 0.15) is 0 Å². The average Bonchev–Trinajstić information content (AvgIpc) is 2.73. The molecule has 2 amide bonds. The number of halogens is 5. The number of carbonyl (C=O) groups excluding carboxylic acids is 2. The molecule has 0 aliphatic heterocycles. The van der Waals surface area contributed by atoms with E-state index in [1.54, 1.807) is 27.7 Å². The Hall–Kier alpha value is -2.29. The maximum Gasteiger partial charge on any atom is 0.294 e. The van der Waals surface area contributed by atoms with Crippen LogP contribution in [-0.4, -0.2) is 32.1 Å². The Morgan fingerprint density at radius 1 is 0.914 bits per heavy atom. The Kier molecular flexibility index (Phi) is 8.09. The lowest BCUT2D eigenvalue weighted by molar-refractivity contribution is 0.0356. The van der Waals surface area contributed by atoms with Crippen molar-refractivity contribution in [2.24, 2.45) is 0 Å². The molecule has 7 nitrogen and oxygen atoms in total. The van der Waals surface area contributed by atoms with Gasteiger partial charge in [-0.25, -0.2) is 9.69 Å². The highest BCUT2D eigenvalue weighted by atomic mass is 35.5. The summed E-state index contributed by atoms with van der Waals surface area (Å²) in [6.45, 7) is 6.71. The number of carbonyl (C=O) groups is 2. The number of benzene rings is 2. The number of hydrazine groups is 1. The van der Waals surface area contributed by atoms with Crippen molar-refractivity contribution in [3.05, 3.63) is 88.7 Å². The zero-order valence-corrected chi connectivity index (χ0v) is 22.7. The maximum absolute atomic E-state index is 13.3. The van der Waals surface area contributed by atoms with Crippen molar-refractivity contribution in [2.45, 2.75) is 33.2 Å². The molecule has 1 N–H and O–H groups in total. The SMILES string of the molecule is Cc1cc(=O)c(C(=O)NN(C(=O)c2ccc(Cl)cc2Cl)C(C)(C)C)nn1-c1cc(Cl)c(Cl)cc1Cl. The van der Waals surface area contributed by atoms with Crippen molar-refractivity contribution in [3.63, 3.8) is 0 Å². The zero-order chi connectivity index (χ0) is 26.2. The Bertz CT molecular complexity index is 1400. The Labute approximate surface area is 226 Å². The molecular weight excluding hydrogens is 558 g/mol. The third kappa shape index (κ3) is 5.93. The lowest BCUT2D eigenvalue weighted by Crippen LogP contribution is -2.56. The number of aryl methyl sites for hydroxylation is 1. The molecule has 0 fully saturated rings. The van der Waals surface area contributed by atoms with Crippen LogP contribution >= 0.6 is 58.0 Å². The Morgan fingerprint density at radius 2 is 1.54 bits per heavy atom. The third-order valence-electron chi connectivity index (χ3n) is 4.79. The highest BCUT2D eigenvalue weighted by molar-refractivity contribution is 6.43. The fraction of sp³-hybridized carbons (Fsp3) is 0.217. The molecule has 0 saturated heterocycles. The van der Waals surface area contributed by atoms with Gasteiger partial charge in [0.05, 0.1) is 36.9 Å². The lowest BCUT2D eigenvalue weighted by Gasteiger charge is -2.35. The molecule has 0 aliphatic carbocycles. The van der Waals surface area contributed by atoms with Crippen LogP contribution in [0.1, 0.15) is 47.3 Å². The van der Waals surface area contributed by atoms with Crippen LogP contribution in [0, 0.1) is 6.92 Å². The van der Waals surface area contributed by atoms with Crippen LogP contribution in [0.2, 0.25) is 25.1 Å². The van der Waals surface area contributed by atoms with Crippen LogP contribution in [0.4, 0.5) is 0 Å². The van der Waals surface area contributed by atoms with Gasteiger partial charge >= 0.3 is 0 Å². The van der Waals surface area contributed by atoms with E-state index in [4.69, 9.17) is 58.0 Å². The van der Waals surface area contributed by atoms with E-state index in [2.05, 4.69) is 10.5 Å². The zero-order valence-electron chi connectivity index (χ0n) is 18.9.